The van der Waals surface area contributed by atoms with Crippen molar-refractivity contribution in [2.75, 3.05) is 0 Å². The van der Waals surface area contributed by atoms with Crippen LogP contribution in [-0.2, 0) is 12.5 Å². The average molecular weight is 286 g/mol. The maximum absolute atomic E-state index is 9.19. The van der Waals surface area contributed by atoms with Gasteiger partial charge in [0.2, 0.25) is 5.52 Å². The Hall–Kier alpha value is -2.73. The second-order valence-electron chi connectivity index (χ2n) is 6.40. The number of nitriles is 1. The Kier molecular flexibility index (Phi) is 2.44. The summed E-state index contributed by atoms with van der Waals surface area (Å²) in [5.74, 6) is 0. The number of aromatic nitrogens is 2. The molecule has 1 aromatic carbocycles. The molecule has 0 saturated carbocycles. The van der Waals surface area contributed by atoms with Crippen LogP contribution in [0, 0.1) is 11.3 Å². The van der Waals surface area contributed by atoms with Crippen molar-refractivity contribution in [3.63, 3.8) is 0 Å². The molecule has 1 aliphatic rings. The second kappa shape index (κ2) is 4.14. The van der Waals surface area contributed by atoms with Crippen molar-refractivity contribution in [3.8, 4) is 17.2 Å². The Morgan fingerprint density at radius 1 is 1.18 bits per heavy atom. The van der Waals surface area contributed by atoms with Gasteiger partial charge in [0, 0.05) is 28.8 Å². The van der Waals surface area contributed by atoms with Gasteiger partial charge in [-0.15, -0.1) is 0 Å². The van der Waals surface area contributed by atoms with Crippen LogP contribution in [0.5, 0.6) is 0 Å². The fraction of sp³-hybridized carbons (Fsp3) is 0.211. The molecule has 0 aliphatic heterocycles. The molecule has 22 heavy (non-hydrogen) atoms. The number of rotatable bonds is 0. The van der Waals surface area contributed by atoms with Crippen LogP contribution in [0.15, 0.2) is 42.7 Å². The quantitative estimate of drug-likeness (QED) is 0.595. The van der Waals surface area contributed by atoms with E-state index in [2.05, 4.69) is 67.0 Å². The summed E-state index contributed by atoms with van der Waals surface area (Å²) < 4.78 is 2.18. The summed E-state index contributed by atoms with van der Waals surface area (Å²) in [6, 6.07) is 12.5. The number of para-hydroxylation sites is 1. The van der Waals surface area contributed by atoms with Crippen molar-refractivity contribution in [1.29, 1.82) is 5.26 Å². The van der Waals surface area contributed by atoms with Crippen LogP contribution in [-0.4, -0.2) is 4.98 Å². The van der Waals surface area contributed by atoms with Crippen molar-refractivity contribution in [1.82, 2.24) is 4.98 Å². The van der Waals surface area contributed by atoms with E-state index in [4.69, 9.17) is 0 Å². The van der Waals surface area contributed by atoms with Crippen LogP contribution < -0.4 is 4.57 Å². The van der Waals surface area contributed by atoms with Gasteiger partial charge in [0.15, 0.2) is 6.20 Å². The van der Waals surface area contributed by atoms with Crippen LogP contribution >= 0.6 is 0 Å². The summed E-state index contributed by atoms with van der Waals surface area (Å²) in [4.78, 5) is 4.28. The predicted octanol–water partition coefficient (Wildman–Crippen LogP) is 3.24. The van der Waals surface area contributed by atoms with Crippen LogP contribution in [0.25, 0.3) is 22.0 Å². The maximum Gasteiger partial charge on any atom is 0.212 e. The number of benzene rings is 1. The zero-order valence-electron chi connectivity index (χ0n) is 12.9. The van der Waals surface area contributed by atoms with Gasteiger partial charge in [0.05, 0.1) is 5.39 Å². The highest BCUT2D eigenvalue weighted by molar-refractivity contribution is 5.99. The Morgan fingerprint density at radius 3 is 2.73 bits per heavy atom. The van der Waals surface area contributed by atoms with Gasteiger partial charge in [-0.25, -0.2) is 9.55 Å². The van der Waals surface area contributed by atoms with E-state index in [1.807, 2.05) is 12.3 Å². The first-order chi connectivity index (χ1) is 10.5. The molecular weight excluding hydrogens is 270 g/mol. The van der Waals surface area contributed by atoms with Gasteiger partial charge < -0.3 is 0 Å². The molecule has 0 amide bonds. The van der Waals surface area contributed by atoms with Gasteiger partial charge >= 0.3 is 0 Å². The van der Waals surface area contributed by atoms with E-state index < -0.39 is 0 Å². The first-order valence-corrected chi connectivity index (χ1v) is 7.37. The molecular formula is C19H16N3+. The second-order valence-corrected chi connectivity index (χ2v) is 6.40. The Balaban J connectivity index is 2.22. The van der Waals surface area contributed by atoms with E-state index in [1.165, 1.54) is 27.6 Å². The van der Waals surface area contributed by atoms with Crippen molar-refractivity contribution in [3.05, 3.63) is 59.5 Å². The van der Waals surface area contributed by atoms with Gasteiger partial charge in [-0.3, -0.25) is 0 Å². The van der Waals surface area contributed by atoms with E-state index in [0.717, 1.165) is 5.56 Å². The average Bonchev–Trinajstić information content (AvgIpc) is 2.75. The third-order valence-corrected chi connectivity index (χ3v) is 4.78. The highest BCUT2D eigenvalue weighted by Gasteiger charge is 2.39. The van der Waals surface area contributed by atoms with Crippen LogP contribution in [0.3, 0.4) is 0 Å². The summed E-state index contributed by atoms with van der Waals surface area (Å²) in [6.07, 6.45) is 4.08. The van der Waals surface area contributed by atoms with Gasteiger partial charge in [0.25, 0.3) is 0 Å². The fourth-order valence-electron chi connectivity index (χ4n) is 3.60. The molecule has 0 N–H and O–H groups in total. The van der Waals surface area contributed by atoms with E-state index in [1.54, 1.807) is 0 Å². The number of fused-ring (bicyclic) bond motifs is 5. The molecule has 0 spiro atoms. The SMILES string of the molecule is C[n+]1cc2c(c3ccccc31)-c1cc(C#N)ncc1C2(C)C. The van der Waals surface area contributed by atoms with E-state index in [9.17, 15) is 5.26 Å². The summed E-state index contributed by atoms with van der Waals surface area (Å²) in [5, 5.41) is 10.4. The number of pyridine rings is 2. The smallest absolute Gasteiger partial charge is 0.212 e. The van der Waals surface area contributed by atoms with E-state index >= 15 is 0 Å². The van der Waals surface area contributed by atoms with Crippen molar-refractivity contribution in [2.24, 2.45) is 7.05 Å². The van der Waals surface area contributed by atoms with Crippen molar-refractivity contribution < 1.29 is 4.57 Å². The normalized spacial score (nSPS) is 14.5. The van der Waals surface area contributed by atoms with Crippen LogP contribution in [0.1, 0.15) is 30.7 Å². The minimum atomic E-state index is -0.104. The summed E-state index contributed by atoms with van der Waals surface area (Å²) in [6.45, 7) is 4.44. The lowest BCUT2D eigenvalue weighted by molar-refractivity contribution is -0.645. The molecule has 3 aromatic rings. The van der Waals surface area contributed by atoms with Gasteiger partial charge in [0.1, 0.15) is 18.8 Å². The maximum atomic E-state index is 9.19. The lowest BCUT2D eigenvalue weighted by Crippen LogP contribution is -2.31. The number of nitrogens with zero attached hydrogens (tertiary/aromatic N) is 3. The molecule has 2 heterocycles. The molecule has 0 saturated heterocycles. The summed E-state index contributed by atoms with van der Waals surface area (Å²) >= 11 is 0. The van der Waals surface area contributed by atoms with Gasteiger partial charge in [-0.1, -0.05) is 26.0 Å². The van der Waals surface area contributed by atoms with Crippen LogP contribution in [0.4, 0.5) is 0 Å². The zero-order chi connectivity index (χ0) is 15.5. The molecule has 106 valence electrons. The molecule has 3 heteroatoms. The Bertz CT molecular complexity index is 978. The summed E-state index contributed by atoms with van der Waals surface area (Å²) in [7, 11) is 2.08. The van der Waals surface area contributed by atoms with Crippen LogP contribution in [0.2, 0.25) is 0 Å². The predicted molar refractivity (Wildman–Crippen MR) is 85.2 cm³/mol. The number of aryl methyl sites for hydroxylation is 1. The molecule has 0 radical (unpaired) electrons. The molecule has 2 aromatic heterocycles. The lowest BCUT2D eigenvalue weighted by Gasteiger charge is -2.19. The fourth-order valence-corrected chi connectivity index (χ4v) is 3.60. The van der Waals surface area contributed by atoms with E-state index in [0.29, 0.717) is 5.69 Å². The van der Waals surface area contributed by atoms with Gasteiger partial charge in [-0.05, 0) is 23.3 Å². The number of hydrogen-bond donors (Lipinski definition) is 0. The zero-order valence-corrected chi connectivity index (χ0v) is 12.9. The molecule has 4 rings (SSSR count). The van der Waals surface area contributed by atoms with Gasteiger partial charge in [-0.2, -0.15) is 5.26 Å². The van der Waals surface area contributed by atoms with Crippen molar-refractivity contribution >= 4 is 10.9 Å². The summed E-state index contributed by atoms with van der Waals surface area (Å²) in [5.41, 5.74) is 6.43. The third kappa shape index (κ3) is 1.50. The third-order valence-electron chi connectivity index (χ3n) is 4.78. The molecule has 1 aliphatic carbocycles. The Morgan fingerprint density at radius 2 is 1.95 bits per heavy atom. The standard InChI is InChI=1S/C19H16N3/c1-19(2)15-10-21-12(9-20)8-14(15)18-13-6-4-5-7-17(13)22(3)11-16(18)19/h4-8,10-11H,1-3H3/q+1. The monoisotopic (exact) mass is 286 g/mol. The molecule has 0 atom stereocenters. The largest absolute Gasteiger partial charge is 0.245 e. The molecule has 0 fully saturated rings. The minimum absolute atomic E-state index is 0.104. The minimum Gasteiger partial charge on any atom is -0.245 e. The van der Waals surface area contributed by atoms with E-state index in [-0.39, 0.29) is 5.41 Å². The number of hydrogen-bond acceptors (Lipinski definition) is 2. The highest BCUT2D eigenvalue weighted by Crippen LogP contribution is 2.50. The van der Waals surface area contributed by atoms with Crippen molar-refractivity contribution in [2.45, 2.75) is 19.3 Å². The topological polar surface area (TPSA) is 40.6 Å². The first-order valence-electron chi connectivity index (χ1n) is 7.37. The molecule has 0 bridgehead atoms. The molecule has 3 nitrogen and oxygen atoms in total. The Labute approximate surface area is 129 Å². The first kappa shape index (κ1) is 13.0. The highest BCUT2D eigenvalue weighted by atomic mass is 14.9. The lowest BCUT2D eigenvalue weighted by atomic mass is 9.83. The molecule has 0 unspecified atom stereocenters.